The fraction of sp³-hybridized carbons (Fsp3) is 0.783. The standard InChI is InChI=1S/C23H35NO12/c1-12(2)34-20(28)32-10-30-17(25)15-14-8-9-23(16(14)15,24-19(27)36-22(5,6)7)18(26)31-11-33-21(29)35-13(3)4/h12-16H,8-11H2,1-7H3,(H,24,27)/t14-,15-,16-,23-/m0/s1. The smallest absolute Gasteiger partial charge is 0.444 e. The molecule has 0 aromatic carbocycles. The van der Waals surface area contributed by atoms with Gasteiger partial charge in [-0.3, -0.25) is 4.79 Å². The second-order valence-electron chi connectivity index (χ2n) is 10.1. The fourth-order valence-corrected chi connectivity index (χ4v) is 4.15. The Bertz CT molecular complexity index is 849. The Kier molecular flexibility index (Phi) is 9.38. The van der Waals surface area contributed by atoms with Gasteiger partial charge < -0.3 is 38.5 Å². The molecule has 0 bridgehead atoms. The van der Waals surface area contributed by atoms with Crippen molar-refractivity contribution in [2.24, 2.45) is 17.8 Å². The third-order valence-electron chi connectivity index (χ3n) is 5.38. The van der Waals surface area contributed by atoms with E-state index in [0.717, 1.165) is 0 Å². The van der Waals surface area contributed by atoms with Crippen molar-refractivity contribution in [2.45, 2.75) is 84.7 Å². The molecule has 2 fully saturated rings. The van der Waals surface area contributed by atoms with Crippen LogP contribution < -0.4 is 5.32 Å². The van der Waals surface area contributed by atoms with Crippen LogP contribution in [0, 0.1) is 17.8 Å². The topological polar surface area (TPSA) is 162 Å². The molecule has 2 saturated carbocycles. The molecular formula is C23H35NO12. The van der Waals surface area contributed by atoms with E-state index >= 15 is 0 Å². The normalized spacial score (nSPS) is 24.3. The van der Waals surface area contributed by atoms with E-state index in [1.54, 1.807) is 48.5 Å². The first-order valence-electron chi connectivity index (χ1n) is 11.7. The number of carbonyl (C=O) groups excluding carboxylic acids is 5. The van der Waals surface area contributed by atoms with Gasteiger partial charge in [0.2, 0.25) is 13.6 Å². The molecule has 0 saturated heterocycles. The van der Waals surface area contributed by atoms with E-state index in [-0.39, 0.29) is 12.3 Å². The number of esters is 2. The minimum Gasteiger partial charge on any atom is -0.444 e. The molecule has 0 radical (unpaired) electrons. The summed E-state index contributed by atoms with van der Waals surface area (Å²) in [6.45, 7) is 10.1. The van der Waals surface area contributed by atoms with Crippen molar-refractivity contribution in [3.8, 4) is 0 Å². The molecule has 2 aliphatic carbocycles. The molecule has 4 atom stereocenters. The number of fused-ring (bicyclic) bond motifs is 1. The molecular weight excluding hydrogens is 482 g/mol. The number of nitrogens with one attached hydrogen (secondary N) is 1. The molecule has 0 aromatic heterocycles. The number of amides is 1. The van der Waals surface area contributed by atoms with E-state index in [4.69, 9.17) is 33.2 Å². The summed E-state index contributed by atoms with van der Waals surface area (Å²) < 4.78 is 34.5. The largest absolute Gasteiger partial charge is 0.511 e. The maximum absolute atomic E-state index is 13.1. The lowest BCUT2D eigenvalue weighted by molar-refractivity contribution is -0.163. The second kappa shape index (κ2) is 11.7. The molecule has 0 aliphatic heterocycles. The van der Waals surface area contributed by atoms with Crippen molar-refractivity contribution in [3.05, 3.63) is 0 Å². The molecule has 0 heterocycles. The van der Waals surface area contributed by atoms with Crippen LogP contribution in [0.15, 0.2) is 0 Å². The van der Waals surface area contributed by atoms with Crippen molar-refractivity contribution in [1.29, 1.82) is 0 Å². The maximum atomic E-state index is 13.1. The van der Waals surface area contributed by atoms with Gasteiger partial charge in [-0.25, -0.2) is 19.2 Å². The average Bonchev–Trinajstić information content (AvgIpc) is 3.33. The monoisotopic (exact) mass is 517 g/mol. The third-order valence-corrected chi connectivity index (χ3v) is 5.38. The van der Waals surface area contributed by atoms with E-state index < -0.39 is 79.1 Å². The van der Waals surface area contributed by atoms with Crippen molar-refractivity contribution in [3.63, 3.8) is 0 Å². The Morgan fingerprint density at radius 3 is 1.89 bits per heavy atom. The number of carbonyl (C=O) groups is 5. The minimum absolute atomic E-state index is 0.165. The Balaban J connectivity index is 2.05. The predicted molar refractivity (Wildman–Crippen MR) is 119 cm³/mol. The molecule has 2 aliphatic rings. The van der Waals surface area contributed by atoms with Gasteiger partial charge in [0.1, 0.15) is 11.1 Å². The number of ether oxygens (including phenoxy) is 7. The van der Waals surface area contributed by atoms with Crippen LogP contribution in [0.5, 0.6) is 0 Å². The number of hydrogen-bond acceptors (Lipinski definition) is 12. The van der Waals surface area contributed by atoms with Crippen LogP contribution in [0.3, 0.4) is 0 Å². The molecule has 13 heteroatoms. The van der Waals surface area contributed by atoms with Crippen LogP contribution in [0.4, 0.5) is 14.4 Å². The van der Waals surface area contributed by atoms with Crippen LogP contribution in [-0.2, 0) is 42.7 Å². The highest BCUT2D eigenvalue weighted by Crippen LogP contribution is 2.63. The van der Waals surface area contributed by atoms with E-state index in [0.29, 0.717) is 6.42 Å². The van der Waals surface area contributed by atoms with Gasteiger partial charge in [0.15, 0.2) is 0 Å². The molecule has 0 aromatic rings. The zero-order valence-corrected chi connectivity index (χ0v) is 21.6. The Hall–Kier alpha value is -3.25. The Morgan fingerprint density at radius 2 is 1.39 bits per heavy atom. The quantitative estimate of drug-likeness (QED) is 0.271. The molecule has 36 heavy (non-hydrogen) atoms. The molecule has 0 spiro atoms. The van der Waals surface area contributed by atoms with Crippen molar-refractivity contribution >= 4 is 30.3 Å². The lowest BCUT2D eigenvalue weighted by Crippen LogP contribution is -2.57. The van der Waals surface area contributed by atoms with Gasteiger partial charge in [0.05, 0.1) is 18.1 Å². The van der Waals surface area contributed by atoms with Gasteiger partial charge in [-0.1, -0.05) is 0 Å². The van der Waals surface area contributed by atoms with E-state index in [1.807, 2.05) is 0 Å². The number of rotatable bonds is 9. The number of alkyl carbamates (subject to hydrolysis) is 1. The second-order valence-corrected chi connectivity index (χ2v) is 10.1. The predicted octanol–water partition coefficient (Wildman–Crippen LogP) is 3.03. The highest BCUT2D eigenvalue weighted by Gasteiger charge is 2.73. The highest BCUT2D eigenvalue weighted by molar-refractivity contribution is 5.90. The van der Waals surface area contributed by atoms with Gasteiger partial charge in [-0.2, -0.15) is 0 Å². The zero-order valence-electron chi connectivity index (χ0n) is 21.6. The summed E-state index contributed by atoms with van der Waals surface area (Å²) in [6, 6.07) is 0. The van der Waals surface area contributed by atoms with E-state index in [2.05, 4.69) is 5.32 Å². The van der Waals surface area contributed by atoms with Crippen LogP contribution in [0.1, 0.15) is 61.3 Å². The summed E-state index contributed by atoms with van der Waals surface area (Å²) in [5.74, 6) is -3.30. The van der Waals surface area contributed by atoms with Crippen molar-refractivity contribution in [1.82, 2.24) is 5.32 Å². The Morgan fingerprint density at radius 1 is 0.861 bits per heavy atom. The molecule has 1 amide bonds. The number of hydrogen-bond donors (Lipinski definition) is 1. The fourth-order valence-electron chi connectivity index (χ4n) is 4.15. The Labute approximate surface area is 209 Å². The minimum atomic E-state index is -1.61. The SMILES string of the molecule is CC(C)OC(=O)OCOC(=O)[C@H]1[C@@H]2CC[C@@](NC(=O)OC(C)(C)C)(C(=O)OCOC(=O)OC(C)C)[C@@H]21. The van der Waals surface area contributed by atoms with Crippen LogP contribution >= 0.6 is 0 Å². The van der Waals surface area contributed by atoms with Crippen LogP contribution in [0.2, 0.25) is 0 Å². The lowest BCUT2D eigenvalue weighted by atomic mass is 9.90. The van der Waals surface area contributed by atoms with Crippen molar-refractivity contribution in [2.75, 3.05) is 13.6 Å². The van der Waals surface area contributed by atoms with E-state index in [1.165, 1.54) is 0 Å². The summed E-state index contributed by atoms with van der Waals surface area (Å²) in [5.41, 5.74) is -2.46. The molecule has 1 N–H and O–H groups in total. The lowest BCUT2D eigenvalue weighted by Gasteiger charge is -2.31. The van der Waals surface area contributed by atoms with Crippen molar-refractivity contribution < 1.29 is 57.1 Å². The third kappa shape index (κ3) is 7.89. The first-order valence-corrected chi connectivity index (χ1v) is 11.7. The first kappa shape index (κ1) is 29.0. The van der Waals surface area contributed by atoms with Crippen LogP contribution in [-0.4, -0.2) is 67.3 Å². The average molecular weight is 518 g/mol. The molecule has 204 valence electrons. The van der Waals surface area contributed by atoms with Gasteiger partial charge in [0.25, 0.3) is 0 Å². The van der Waals surface area contributed by atoms with Gasteiger partial charge >= 0.3 is 30.3 Å². The summed E-state index contributed by atoms with van der Waals surface area (Å²) in [7, 11) is 0. The summed E-state index contributed by atoms with van der Waals surface area (Å²) in [4.78, 5) is 61.3. The summed E-state index contributed by atoms with van der Waals surface area (Å²) in [6.07, 6.45) is -3.16. The first-order chi connectivity index (χ1) is 16.7. The maximum Gasteiger partial charge on any atom is 0.511 e. The van der Waals surface area contributed by atoms with E-state index in [9.17, 15) is 24.0 Å². The van der Waals surface area contributed by atoms with Gasteiger partial charge in [-0.15, -0.1) is 0 Å². The highest BCUT2D eigenvalue weighted by atomic mass is 16.8. The van der Waals surface area contributed by atoms with Gasteiger partial charge in [0, 0.05) is 5.92 Å². The van der Waals surface area contributed by atoms with Crippen LogP contribution in [0.25, 0.3) is 0 Å². The summed E-state index contributed by atoms with van der Waals surface area (Å²) in [5, 5.41) is 2.57. The molecule has 13 nitrogen and oxygen atoms in total. The van der Waals surface area contributed by atoms with Gasteiger partial charge in [-0.05, 0) is 67.2 Å². The molecule has 0 unspecified atom stereocenters. The summed E-state index contributed by atoms with van der Waals surface area (Å²) >= 11 is 0. The molecule has 2 rings (SSSR count). The zero-order chi connectivity index (χ0) is 27.3.